The predicted molar refractivity (Wildman–Crippen MR) is 100 cm³/mol. The zero-order chi connectivity index (χ0) is 19.1. The van der Waals surface area contributed by atoms with E-state index in [0.29, 0.717) is 31.1 Å². The van der Waals surface area contributed by atoms with Crippen molar-refractivity contribution < 1.29 is 14.3 Å². The number of carbonyl (C=O) groups excluding carboxylic acids is 1. The Kier molecular flexibility index (Phi) is 6.23. The fourth-order valence-corrected chi connectivity index (χ4v) is 2.73. The summed E-state index contributed by atoms with van der Waals surface area (Å²) in [7, 11) is 0. The van der Waals surface area contributed by atoms with Crippen LogP contribution in [-0.2, 0) is 16.1 Å². The third-order valence-corrected chi connectivity index (χ3v) is 4.28. The number of anilines is 1. The molecule has 1 aliphatic heterocycles. The third-order valence-electron chi connectivity index (χ3n) is 4.28. The molecular formula is C20H22N4O3. The SMILES string of the molecule is CC(Oc1ccc(C#N)cc1)C(=O)NCc1ccnc(N2CCOCC2)c1. The van der Waals surface area contributed by atoms with Gasteiger partial charge < -0.3 is 19.7 Å². The van der Waals surface area contributed by atoms with Crippen LogP contribution in [0.25, 0.3) is 0 Å². The minimum Gasteiger partial charge on any atom is -0.481 e. The Labute approximate surface area is 158 Å². The van der Waals surface area contributed by atoms with Crippen LogP contribution in [-0.4, -0.2) is 43.3 Å². The first-order chi connectivity index (χ1) is 13.2. The Hall–Kier alpha value is -3.11. The molecule has 27 heavy (non-hydrogen) atoms. The first kappa shape index (κ1) is 18.7. The number of ether oxygens (including phenoxy) is 2. The van der Waals surface area contributed by atoms with Crippen LogP contribution in [0.1, 0.15) is 18.1 Å². The summed E-state index contributed by atoms with van der Waals surface area (Å²) in [6, 6.07) is 12.6. The number of rotatable bonds is 6. The monoisotopic (exact) mass is 366 g/mol. The molecule has 1 saturated heterocycles. The molecule has 7 heteroatoms. The summed E-state index contributed by atoms with van der Waals surface area (Å²) in [4.78, 5) is 18.9. The summed E-state index contributed by atoms with van der Waals surface area (Å²) in [5.74, 6) is 1.24. The van der Waals surface area contributed by atoms with Crippen LogP contribution in [0.5, 0.6) is 5.75 Å². The van der Waals surface area contributed by atoms with Gasteiger partial charge in [-0.15, -0.1) is 0 Å². The molecular weight excluding hydrogens is 344 g/mol. The quantitative estimate of drug-likeness (QED) is 0.840. The minimum absolute atomic E-state index is 0.205. The minimum atomic E-state index is -0.640. The number of amides is 1. The van der Waals surface area contributed by atoms with E-state index in [0.717, 1.165) is 24.5 Å². The normalized spacial score (nSPS) is 14.9. The molecule has 0 bridgehead atoms. The molecule has 1 N–H and O–H groups in total. The Morgan fingerprint density at radius 2 is 2.07 bits per heavy atom. The first-order valence-corrected chi connectivity index (χ1v) is 8.88. The molecule has 1 unspecified atom stereocenters. The van der Waals surface area contributed by atoms with E-state index >= 15 is 0 Å². The van der Waals surface area contributed by atoms with Gasteiger partial charge in [-0.3, -0.25) is 4.79 Å². The van der Waals surface area contributed by atoms with Crippen LogP contribution >= 0.6 is 0 Å². The van der Waals surface area contributed by atoms with Crippen molar-refractivity contribution in [2.75, 3.05) is 31.2 Å². The standard InChI is InChI=1S/C20H22N4O3/c1-15(27-18-4-2-16(13-21)3-5-18)20(25)23-14-17-6-7-22-19(12-17)24-8-10-26-11-9-24/h2-7,12,15H,8-11,14H2,1H3,(H,23,25). The summed E-state index contributed by atoms with van der Waals surface area (Å²) in [5, 5.41) is 11.7. The van der Waals surface area contributed by atoms with Crippen LogP contribution < -0.4 is 15.0 Å². The van der Waals surface area contributed by atoms with Crippen LogP contribution in [0, 0.1) is 11.3 Å². The van der Waals surface area contributed by atoms with E-state index in [9.17, 15) is 4.79 Å². The average molecular weight is 366 g/mol. The van der Waals surface area contributed by atoms with E-state index in [1.807, 2.05) is 18.2 Å². The van der Waals surface area contributed by atoms with Crippen molar-refractivity contribution >= 4 is 11.7 Å². The van der Waals surface area contributed by atoms with Crippen molar-refractivity contribution in [1.29, 1.82) is 5.26 Å². The van der Waals surface area contributed by atoms with Crippen molar-refractivity contribution in [3.63, 3.8) is 0 Å². The number of nitrogens with zero attached hydrogens (tertiary/aromatic N) is 3. The number of aromatic nitrogens is 1. The molecule has 0 spiro atoms. The number of pyridine rings is 1. The highest BCUT2D eigenvalue weighted by molar-refractivity contribution is 5.80. The molecule has 1 aliphatic rings. The van der Waals surface area contributed by atoms with Crippen molar-refractivity contribution in [3.05, 3.63) is 53.7 Å². The highest BCUT2D eigenvalue weighted by atomic mass is 16.5. The maximum atomic E-state index is 12.3. The Balaban J connectivity index is 1.52. The molecule has 1 atom stereocenters. The van der Waals surface area contributed by atoms with Crippen LogP contribution in [0.15, 0.2) is 42.6 Å². The van der Waals surface area contributed by atoms with Gasteiger partial charge in [-0.1, -0.05) is 0 Å². The zero-order valence-electron chi connectivity index (χ0n) is 15.2. The largest absolute Gasteiger partial charge is 0.481 e. The van der Waals surface area contributed by atoms with Gasteiger partial charge in [0.1, 0.15) is 11.6 Å². The molecule has 7 nitrogen and oxygen atoms in total. The highest BCUT2D eigenvalue weighted by Gasteiger charge is 2.16. The third kappa shape index (κ3) is 5.19. The fourth-order valence-electron chi connectivity index (χ4n) is 2.73. The van der Waals surface area contributed by atoms with Gasteiger partial charge in [0.25, 0.3) is 5.91 Å². The molecule has 1 aromatic heterocycles. The van der Waals surface area contributed by atoms with E-state index in [1.54, 1.807) is 37.4 Å². The summed E-state index contributed by atoms with van der Waals surface area (Å²) in [6.07, 6.45) is 1.11. The smallest absolute Gasteiger partial charge is 0.261 e. The highest BCUT2D eigenvalue weighted by Crippen LogP contribution is 2.15. The maximum Gasteiger partial charge on any atom is 0.261 e. The molecule has 0 aliphatic carbocycles. The summed E-state index contributed by atoms with van der Waals surface area (Å²) in [6.45, 7) is 5.13. The number of morpholine rings is 1. The van der Waals surface area contributed by atoms with Crippen LogP contribution in [0.3, 0.4) is 0 Å². The molecule has 3 rings (SSSR count). The Morgan fingerprint density at radius 3 is 2.78 bits per heavy atom. The summed E-state index contributed by atoms with van der Waals surface area (Å²) >= 11 is 0. The zero-order valence-corrected chi connectivity index (χ0v) is 15.2. The van der Waals surface area contributed by atoms with Gasteiger partial charge in [0, 0.05) is 25.8 Å². The van der Waals surface area contributed by atoms with Crippen molar-refractivity contribution in [1.82, 2.24) is 10.3 Å². The van der Waals surface area contributed by atoms with Gasteiger partial charge in [-0.05, 0) is 48.9 Å². The summed E-state index contributed by atoms with van der Waals surface area (Å²) in [5.41, 5.74) is 1.53. The van der Waals surface area contributed by atoms with Crippen LogP contribution in [0.2, 0.25) is 0 Å². The van der Waals surface area contributed by atoms with Crippen molar-refractivity contribution in [2.45, 2.75) is 19.6 Å². The van der Waals surface area contributed by atoms with Crippen LogP contribution in [0.4, 0.5) is 5.82 Å². The number of hydrogen-bond donors (Lipinski definition) is 1. The van der Waals surface area contributed by atoms with Gasteiger partial charge >= 0.3 is 0 Å². The topological polar surface area (TPSA) is 87.5 Å². The number of hydrogen-bond acceptors (Lipinski definition) is 6. The number of nitrogens with one attached hydrogen (secondary N) is 1. The molecule has 0 saturated carbocycles. The molecule has 2 aromatic rings. The summed E-state index contributed by atoms with van der Waals surface area (Å²) < 4.78 is 11.0. The van der Waals surface area contributed by atoms with Gasteiger partial charge in [-0.2, -0.15) is 5.26 Å². The number of nitriles is 1. The van der Waals surface area contributed by atoms with Crippen molar-refractivity contribution in [2.24, 2.45) is 0 Å². The number of carbonyl (C=O) groups is 1. The molecule has 0 radical (unpaired) electrons. The van der Waals surface area contributed by atoms with Gasteiger partial charge in [-0.25, -0.2) is 4.98 Å². The number of benzene rings is 1. The molecule has 1 aromatic carbocycles. The lowest BCUT2D eigenvalue weighted by atomic mass is 10.2. The predicted octanol–water partition coefficient (Wildman–Crippen LogP) is 1.87. The van der Waals surface area contributed by atoms with E-state index in [2.05, 4.69) is 15.2 Å². The Morgan fingerprint density at radius 1 is 1.33 bits per heavy atom. The lowest BCUT2D eigenvalue weighted by Gasteiger charge is -2.28. The van der Waals surface area contributed by atoms with Gasteiger partial charge in [0.05, 0.1) is 24.8 Å². The fraction of sp³-hybridized carbons (Fsp3) is 0.350. The van der Waals surface area contributed by atoms with Gasteiger partial charge in [0.2, 0.25) is 0 Å². The first-order valence-electron chi connectivity index (χ1n) is 8.88. The molecule has 1 amide bonds. The van der Waals surface area contributed by atoms with E-state index in [1.165, 1.54) is 0 Å². The molecule has 1 fully saturated rings. The Bertz CT molecular complexity index is 811. The van der Waals surface area contributed by atoms with Crippen molar-refractivity contribution in [3.8, 4) is 11.8 Å². The lowest BCUT2D eigenvalue weighted by molar-refractivity contribution is -0.127. The second kappa shape index (κ2) is 9.01. The van der Waals surface area contributed by atoms with E-state index in [4.69, 9.17) is 14.7 Å². The van der Waals surface area contributed by atoms with Gasteiger partial charge in [0.15, 0.2) is 6.10 Å². The lowest BCUT2D eigenvalue weighted by Crippen LogP contribution is -2.37. The maximum absolute atomic E-state index is 12.3. The molecule has 2 heterocycles. The molecule has 140 valence electrons. The second-order valence-electron chi connectivity index (χ2n) is 6.24. The average Bonchev–Trinajstić information content (AvgIpc) is 2.73. The second-order valence-corrected chi connectivity index (χ2v) is 6.24. The van der Waals surface area contributed by atoms with E-state index in [-0.39, 0.29) is 5.91 Å². The van der Waals surface area contributed by atoms with E-state index < -0.39 is 6.10 Å².